The number of hydrogen-bond donors (Lipinski definition) is 0. The third-order valence-corrected chi connectivity index (χ3v) is 6.20. The first-order valence-electron chi connectivity index (χ1n) is 11.9. The number of methoxy groups -OCH3 is 3. The highest BCUT2D eigenvalue weighted by atomic mass is 16.6. The molecule has 3 rings (SSSR count). The molecule has 0 aromatic heterocycles. The van der Waals surface area contributed by atoms with E-state index in [-0.39, 0.29) is 12.5 Å². The summed E-state index contributed by atoms with van der Waals surface area (Å²) in [4.78, 5) is 28.0. The summed E-state index contributed by atoms with van der Waals surface area (Å²) >= 11 is 0. The van der Waals surface area contributed by atoms with Crippen LogP contribution >= 0.6 is 0 Å². The molecular formula is C27H35NO7. The van der Waals surface area contributed by atoms with Crippen molar-refractivity contribution in [3.63, 3.8) is 0 Å². The van der Waals surface area contributed by atoms with Gasteiger partial charge in [-0.15, -0.1) is 0 Å². The molecule has 1 heterocycles. The Balaban J connectivity index is 1.61. The van der Waals surface area contributed by atoms with E-state index < -0.39 is 17.9 Å². The first kappa shape index (κ1) is 26.3. The predicted octanol–water partition coefficient (Wildman–Crippen LogP) is 3.96. The Hall–Kier alpha value is -3.26. The van der Waals surface area contributed by atoms with Crippen molar-refractivity contribution in [2.45, 2.75) is 44.8 Å². The second kappa shape index (κ2) is 13.0. The lowest BCUT2D eigenvalue weighted by Crippen LogP contribution is -2.50. The summed E-state index contributed by atoms with van der Waals surface area (Å²) in [7, 11) is 4.60. The highest BCUT2D eigenvalue weighted by Gasteiger charge is 2.36. The molecule has 1 amide bonds. The van der Waals surface area contributed by atoms with Crippen LogP contribution in [0.15, 0.2) is 42.5 Å². The van der Waals surface area contributed by atoms with Crippen molar-refractivity contribution in [1.29, 1.82) is 0 Å². The summed E-state index contributed by atoms with van der Waals surface area (Å²) in [6, 6.07) is 12.7. The zero-order valence-corrected chi connectivity index (χ0v) is 21.0. The maximum atomic E-state index is 13.5. The Morgan fingerprint density at radius 3 is 2.29 bits per heavy atom. The molecule has 0 radical (unpaired) electrons. The van der Waals surface area contributed by atoms with Crippen molar-refractivity contribution < 1.29 is 33.3 Å². The Labute approximate surface area is 207 Å². The van der Waals surface area contributed by atoms with Gasteiger partial charge < -0.3 is 28.6 Å². The molecule has 1 saturated heterocycles. The van der Waals surface area contributed by atoms with Gasteiger partial charge in [0.1, 0.15) is 12.6 Å². The minimum absolute atomic E-state index is 0.138. The maximum absolute atomic E-state index is 13.5. The monoisotopic (exact) mass is 485 g/mol. The lowest BCUT2D eigenvalue weighted by Gasteiger charge is -2.36. The molecule has 0 unspecified atom stereocenters. The number of nitrogens with zero attached hydrogens (tertiary/aromatic N) is 1. The number of hydrogen-bond acceptors (Lipinski definition) is 7. The molecule has 8 heteroatoms. The first-order valence-corrected chi connectivity index (χ1v) is 11.9. The summed E-state index contributed by atoms with van der Waals surface area (Å²) in [5, 5.41) is 0. The Kier molecular flexibility index (Phi) is 9.78. The normalized spacial score (nSPS) is 16.3. The van der Waals surface area contributed by atoms with Gasteiger partial charge in [0.15, 0.2) is 11.5 Å². The van der Waals surface area contributed by atoms with E-state index in [0.29, 0.717) is 43.4 Å². The molecule has 0 saturated carbocycles. The minimum Gasteiger partial charge on any atom is -0.493 e. The topological polar surface area (TPSA) is 83.5 Å². The smallest absolute Gasteiger partial charge is 0.328 e. The van der Waals surface area contributed by atoms with Crippen molar-refractivity contribution in [3.8, 4) is 17.2 Å². The third-order valence-electron chi connectivity index (χ3n) is 6.20. The van der Waals surface area contributed by atoms with Crippen molar-refractivity contribution in [2.75, 3.05) is 41.1 Å². The predicted molar refractivity (Wildman–Crippen MR) is 131 cm³/mol. The van der Waals surface area contributed by atoms with Crippen LogP contribution in [0.4, 0.5) is 0 Å². The number of ether oxygens (including phenoxy) is 5. The number of piperidine rings is 1. The minimum atomic E-state index is -0.602. The third kappa shape index (κ3) is 6.66. The van der Waals surface area contributed by atoms with E-state index in [1.54, 1.807) is 17.0 Å². The van der Waals surface area contributed by atoms with Crippen molar-refractivity contribution in [1.82, 2.24) is 4.90 Å². The van der Waals surface area contributed by atoms with Crippen molar-refractivity contribution in [2.24, 2.45) is 0 Å². The van der Waals surface area contributed by atoms with Gasteiger partial charge in [0, 0.05) is 6.54 Å². The van der Waals surface area contributed by atoms with Crippen LogP contribution in [-0.2, 0) is 25.7 Å². The summed E-state index contributed by atoms with van der Waals surface area (Å²) in [6.07, 6.45) is 2.29. The molecule has 0 aliphatic carbocycles. The van der Waals surface area contributed by atoms with Crippen LogP contribution in [0.3, 0.4) is 0 Å². The van der Waals surface area contributed by atoms with Gasteiger partial charge in [-0.05, 0) is 49.4 Å². The number of rotatable bonds is 11. The lowest BCUT2D eigenvalue weighted by molar-refractivity contribution is -0.158. The molecule has 35 heavy (non-hydrogen) atoms. The van der Waals surface area contributed by atoms with E-state index in [1.807, 2.05) is 37.3 Å². The van der Waals surface area contributed by atoms with Crippen molar-refractivity contribution >= 4 is 11.9 Å². The molecule has 0 bridgehead atoms. The van der Waals surface area contributed by atoms with E-state index >= 15 is 0 Å². The van der Waals surface area contributed by atoms with Crippen molar-refractivity contribution in [3.05, 3.63) is 53.6 Å². The fourth-order valence-corrected chi connectivity index (χ4v) is 4.24. The van der Waals surface area contributed by atoms with Gasteiger partial charge in [-0.3, -0.25) is 4.79 Å². The average Bonchev–Trinajstić information content (AvgIpc) is 2.91. The van der Waals surface area contributed by atoms with Gasteiger partial charge in [-0.1, -0.05) is 30.3 Å². The number of carbonyl (C=O) groups is 2. The van der Waals surface area contributed by atoms with Crippen LogP contribution in [0.2, 0.25) is 0 Å². The van der Waals surface area contributed by atoms with Crippen LogP contribution in [0.25, 0.3) is 0 Å². The molecular weight excluding hydrogens is 450 g/mol. The van der Waals surface area contributed by atoms with Gasteiger partial charge in [0.2, 0.25) is 11.7 Å². The summed E-state index contributed by atoms with van der Waals surface area (Å²) < 4.78 is 27.3. The molecule has 8 nitrogen and oxygen atoms in total. The van der Waals surface area contributed by atoms with Gasteiger partial charge >= 0.3 is 5.97 Å². The summed E-state index contributed by atoms with van der Waals surface area (Å²) in [5.74, 6) is 0.386. The Bertz CT molecular complexity index is 954. The second-order valence-electron chi connectivity index (χ2n) is 8.43. The zero-order chi connectivity index (χ0) is 25.2. The molecule has 0 N–H and O–H groups in total. The number of benzene rings is 2. The molecule has 1 aliphatic heterocycles. The molecule has 190 valence electrons. The molecule has 1 aliphatic rings. The largest absolute Gasteiger partial charge is 0.493 e. The van der Waals surface area contributed by atoms with Gasteiger partial charge in [-0.2, -0.15) is 0 Å². The molecule has 2 aromatic carbocycles. The van der Waals surface area contributed by atoms with E-state index in [4.69, 9.17) is 23.7 Å². The Morgan fingerprint density at radius 2 is 1.66 bits per heavy atom. The van der Waals surface area contributed by atoms with Gasteiger partial charge in [0.25, 0.3) is 0 Å². The zero-order valence-electron chi connectivity index (χ0n) is 21.0. The summed E-state index contributed by atoms with van der Waals surface area (Å²) in [6.45, 7) is 3.23. The maximum Gasteiger partial charge on any atom is 0.328 e. The number of esters is 1. The van der Waals surface area contributed by atoms with Crippen LogP contribution < -0.4 is 14.2 Å². The van der Waals surface area contributed by atoms with E-state index in [1.165, 1.54) is 21.3 Å². The fourth-order valence-electron chi connectivity index (χ4n) is 4.24. The second-order valence-corrected chi connectivity index (χ2v) is 8.43. The highest BCUT2D eigenvalue weighted by molar-refractivity contribution is 5.89. The van der Waals surface area contributed by atoms with Crippen LogP contribution in [0, 0.1) is 0 Å². The number of likely N-dealkylation sites (tertiary alicyclic amines) is 1. The van der Waals surface area contributed by atoms with Crippen LogP contribution in [0.1, 0.15) is 43.2 Å². The van der Waals surface area contributed by atoms with E-state index in [9.17, 15) is 9.59 Å². The molecule has 2 aromatic rings. The average molecular weight is 486 g/mol. The molecule has 2 atom stereocenters. The molecule has 1 fully saturated rings. The Morgan fingerprint density at radius 1 is 0.971 bits per heavy atom. The van der Waals surface area contributed by atoms with E-state index in [0.717, 1.165) is 24.0 Å². The van der Waals surface area contributed by atoms with Crippen LogP contribution in [-0.4, -0.2) is 63.9 Å². The van der Waals surface area contributed by atoms with Gasteiger partial charge in [0.05, 0.1) is 40.5 Å². The number of carbonyl (C=O) groups excluding carboxylic acids is 2. The number of amides is 1. The fraction of sp³-hybridized carbons (Fsp3) is 0.481. The standard InChI is InChI=1S/C27H35NO7/c1-19(21-16-23(31-2)25(33-4)24(17-21)32-3)26(29)28-13-9-8-12-22(28)27(30)35-15-14-34-18-20-10-6-5-7-11-20/h5-7,10-11,16-17,19,22H,8-9,12-15,18H2,1-4H3/t19-,22-/m0/s1. The first-order chi connectivity index (χ1) is 17.0. The van der Waals surface area contributed by atoms with Gasteiger partial charge in [-0.25, -0.2) is 4.79 Å². The van der Waals surface area contributed by atoms with Crippen LogP contribution in [0.5, 0.6) is 17.2 Å². The highest BCUT2D eigenvalue weighted by Crippen LogP contribution is 2.40. The SMILES string of the molecule is COc1cc([C@H](C)C(=O)N2CCCC[C@H]2C(=O)OCCOCc2ccccc2)cc(OC)c1OC. The molecule has 0 spiro atoms. The lowest BCUT2D eigenvalue weighted by atomic mass is 9.95. The quantitative estimate of drug-likeness (QED) is 0.352. The summed E-state index contributed by atoms with van der Waals surface area (Å²) in [5.41, 5.74) is 1.78. The van der Waals surface area contributed by atoms with E-state index in [2.05, 4.69) is 0 Å².